The number of hydrogen-bond acceptors (Lipinski definition) is 6. The Morgan fingerprint density at radius 2 is 1.88 bits per heavy atom. The summed E-state index contributed by atoms with van der Waals surface area (Å²) in [5.41, 5.74) is 1.77. The number of carbonyl (C=O) groups is 2. The van der Waals surface area contributed by atoms with Crippen LogP contribution in [0.1, 0.15) is 78.6 Å². The molecule has 4 aliphatic carbocycles. The second-order valence-electron chi connectivity index (χ2n) is 11.9. The Hall–Kier alpha value is -1.00. The molecule has 1 aliphatic heterocycles. The smallest absolute Gasteiger partial charge is 0.251 e. The molecule has 0 spiro atoms. The third kappa shape index (κ3) is 5.53. The van der Waals surface area contributed by atoms with Gasteiger partial charge in [-0.1, -0.05) is 20.8 Å². The van der Waals surface area contributed by atoms with Crippen LogP contribution >= 0.6 is 11.6 Å². The number of amides is 2. The second-order valence-corrected chi connectivity index (χ2v) is 12.4. The lowest BCUT2D eigenvalue weighted by molar-refractivity contribution is -0.144. The summed E-state index contributed by atoms with van der Waals surface area (Å²) in [7, 11) is 0. The number of alkyl halides is 2. The quantitative estimate of drug-likeness (QED) is 0.414. The monoisotopic (exact) mass is 503 g/mol. The summed E-state index contributed by atoms with van der Waals surface area (Å²) in [5.74, 6) is -0.462. The highest BCUT2D eigenvalue weighted by Crippen LogP contribution is 2.47. The maximum Gasteiger partial charge on any atom is 0.251 e. The lowest BCUT2D eigenvalue weighted by Gasteiger charge is -2.56. The van der Waals surface area contributed by atoms with Gasteiger partial charge in [-0.2, -0.15) is 5.48 Å². The van der Waals surface area contributed by atoms with Gasteiger partial charge in [-0.25, -0.2) is 4.39 Å². The average Bonchev–Trinajstić information content (AvgIpc) is 3.27. The molecule has 2 amide bonds. The minimum atomic E-state index is -1.12. The molecule has 10 heteroatoms. The molecule has 0 aromatic rings. The predicted octanol–water partition coefficient (Wildman–Crippen LogP) is 2.26. The zero-order valence-electron chi connectivity index (χ0n) is 20.4. The van der Waals surface area contributed by atoms with E-state index in [4.69, 9.17) is 21.2 Å². The van der Waals surface area contributed by atoms with Crippen LogP contribution in [0.15, 0.2) is 0 Å². The van der Waals surface area contributed by atoms with E-state index in [9.17, 15) is 19.1 Å². The Kier molecular flexibility index (Phi) is 7.52. The molecular formula is C24H39ClFN3O5. The van der Waals surface area contributed by atoms with Crippen molar-refractivity contribution in [1.29, 1.82) is 0 Å². The molecule has 5 aliphatic rings. The molecule has 6 atom stereocenters. The van der Waals surface area contributed by atoms with Gasteiger partial charge < -0.3 is 20.5 Å². The standard InChI is InChI=1S/C24H39ClFN3O5/c1-22(2,3)18-11-17(34-29-18)21(32)28-23-6-8-24(9-7-23,19(30)12-23)27-20(31)13-33-14-4-5-15(25)16(26)10-14/h14-19,29-30H,4-13H2,1-3H3,(H,27,31)(H,28,32)/t14?,15?,16?,17?,18?,19-,23?,24?/m0/s1. The number of hydroxylamine groups is 1. The number of nitrogens with one attached hydrogen (secondary N) is 3. The van der Waals surface area contributed by atoms with Crippen LogP contribution in [0.2, 0.25) is 0 Å². The maximum absolute atomic E-state index is 13.8. The zero-order valence-corrected chi connectivity index (χ0v) is 21.1. The van der Waals surface area contributed by atoms with Crippen molar-refractivity contribution < 1.29 is 28.7 Å². The topological polar surface area (TPSA) is 109 Å². The molecule has 1 heterocycles. The molecule has 34 heavy (non-hydrogen) atoms. The van der Waals surface area contributed by atoms with E-state index in [1.54, 1.807) is 0 Å². The summed E-state index contributed by atoms with van der Waals surface area (Å²) in [6, 6.07) is 0.0925. The average molecular weight is 504 g/mol. The first kappa shape index (κ1) is 26.1. The number of carbonyl (C=O) groups excluding carboxylic acids is 2. The Balaban J connectivity index is 1.26. The predicted molar refractivity (Wildman–Crippen MR) is 125 cm³/mol. The van der Waals surface area contributed by atoms with Crippen molar-refractivity contribution in [3.8, 4) is 0 Å². The van der Waals surface area contributed by atoms with Gasteiger partial charge in [-0.15, -0.1) is 11.6 Å². The first-order chi connectivity index (χ1) is 15.9. The van der Waals surface area contributed by atoms with E-state index in [0.717, 1.165) is 0 Å². The fourth-order valence-corrected chi connectivity index (χ4v) is 6.10. The Bertz CT molecular complexity index is 770. The van der Waals surface area contributed by atoms with E-state index in [1.807, 2.05) is 0 Å². The molecular weight excluding hydrogens is 465 g/mol. The van der Waals surface area contributed by atoms with Gasteiger partial charge in [0.25, 0.3) is 5.91 Å². The van der Waals surface area contributed by atoms with E-state index in [-0.39, 0.29) is 42.4 Å². The first-order valence-corrected chi connectivity index (χ1v) is 13.0. The summed E-state index contributed by atoms with van der Waals surface area (Å²) in [5, 5.41) is 16.6. The summed E-state index contributed by atoms with van der Waals surface area (Å²) < 4.78 is 19.4. The highest BCUT2D eigenvalue weighted by Gasteiger charge is 2.56. The molecule has 2 bridgehead atoms. The van der Waals surface area contributed by atoms with Crippen LogP contribution in [0, 0.1) is 5.41 Å². The number of halogens is 2. The molecule has 5 unspecified atom stereocenters. The van der Waals surface area contributed by atoms with Crippen molar-refractivity contribution in [2.24, 2.45) is 5.41 Å². The highest BCUT2D eigenvalue weighted by atomic mass is 35.5. The first-order valence-electron chi connectivity index (χ1n) is 12.5. The molecule has 1 saturated heterocycles. The number of rotatable bonds is 6. The van der Waals surface area contributed by atoms with Crippen LogP contribution in [0.3, 0.4) is 0 Å². The second kappa shape index (κ2) is 9.81. The van der Waals surface area contributed by atoms with Gasteiger partial charge in [0.2, 0.25) is 5.91 Å². The van der Waals surface area contributed by atoms with Crippen LogP contribution in [0.5, 0.6) is 0 Å². The molecule has 4 saturated carbocycles. The minimum Gasteiger partial charge on any atom is -0.391 e. The third-order valence-corrected chi connectivity index (χ3v) is 8.82. The summed E-state index contributed by atoms with van der Waals surface area (Å²) in [4.78, 5) is 31.1. The van der Waals surface area contributed by atoms with Crippen LogP contribution in [0.4, 0.5) is 4.39 Å². The van der Waals surface area contributed by atoms with Gasteiger partial charge in [-0.3, -0.25) is 14.4 Å². The SMILES string of the molecule is CC(C)(C)C1CC(C(=O)NC23CCC(NC(=O)COC4CCC(Cl)C(F)C4)(CC2)[C@@H](O)C3)ON1. The maximum atomic E-state index is 13.8. The molecule has 194 valence electrons. The van der Waals surface area contributed by atoms with Crippen LogP contribution in [-0.2, 0) is 19.2 Å². The van der Waals surface area contributed by atoms with E-state index in [0.29, 0.717) is 51.4 Å². The van der Waals surface area contributed by atoms with Crippen LogP contribution < -0.4 is 16.1 Å². The number of aliphatic hydroxyl groups excluding tert-OH is 1. The van der Waals surface area contributed by atoms with Gasteiger partial charge in [0.05, 0.1) is 23.1 Å². The minimum absolute atomic E-state index is 0.0161. The molecule has 8 nitrogen and oxygen atoms in total. The highest BCUT2D eigenvalue weighted by molar-refractivity contribution is 6.21. The van der Waals surface area contributed by atoms with Crippen molar-refractivity contribution in [2.75, 3.05) is 6.61 Å². The largest absolute Gasteiger partial charge is 0.391 e. The van der Waals surface area contributed by atoms with Gasteiger partial charge >= 0.3 is 0 Å². The Labute approximate surface area is 206 Å². The van der Waals surface area contributed by atoms with E-state index < -0.39 is 34.8 Å². The Morgan fingerprint density at radius 3 is 2.47 bits per heavy atom. The lowest BCUT2D eigenvalue weighted by Crippen LogP contribution is -2.70. The normalized spacial score (nSPS) is 42.4. The number of aliphatic hydroxyl groups is 1. The molecule has 0 aromatic carbocycles. The number of ether oxygens (including phenoxy) is 1. The number of hydrogen-bond donors (Lipinski definition) is 4. The Morgan fingerprint density at radius 1 is 1.18 bits per heavy atom. The van der Waals surface area contributed by atoms with Crippen molar-refractivity contribution in [1.82, 2.24) is 16.1 Å². The fourth-order valence-electron chi connectivity index (χ4n) is 5.87. The lowest BCUT2D eigenvalue weighted by atomic mass is 9.59. The summed E-state index contributed by atoms with van der Waals surface area (Å²) in [6.07, 6.45) is 2.06. The van der Waals surface area contributed by atoms with Crippen molar-refractivity contribution in [3.63, 3.8) is 0 Å². The molecule has 5 fully saturated rings. The van der Waals surface area contributed by atoms with Crippen LogP contribution in [0.25, 0.3) is 0 Å². The van der Waals surface area contributed by atoms with Crippen molar-refractivity contribution in [3.05, 3.63) is 0 Å². The van der Waals surface area contributed by atoms with Gasteiger partial charge in [0, 0.05) is 24.4 Å². The molecule has 5 rings (SSSR count). The third-order valence-electron chi connectivity index (χ3n) is 8.33. The number of fused-ring (bicyclic) bond motifs is 3. The van der Waals surface area contributed by atoms with Gasteiger partial charge in [0.1, 0.15) is 12.8 Å². The molecule has 4 N–H and O–H groups in total. The molecule has 0 radical (unpaired) electrons. The van der Waals surface area contributed by atoms with Crippen molar-refractivity contribution >= 4 is 23.4 Å². The summed E-state index contributed by atoms with van der Waals surface area (Å²) in [6.45, 7) is 6.15. The van der Waals surface area contributed by atoms with Crippen molar-refractivity contribution in [2.45, 2.75) is 126 Å². The van der Waals surface area contributed by atoms with Gasteiger partial charge in [0.15, 0.2) is 6.10 Å². The van der Waals surface area contributed by atoms with E-state index >= 15 is 0 Å². The van der Waals surface area contributed by atoms with Gasteiger partial charge in [-0.05, 0) is 50.4 Å². The van der Waals surface area contributed by atoms with E-state index in [2.05, 4.69) is 36.9 Å². The fraction of sp³-hybridized carbons (Fsp3) is 0.917. The zero-order chi connectivity index (χ0) is 24.7. The van der Waals surface area contributed by atoms with Crippen LogP contribution in [-0.4, -0.2) is 70.5 Å². The summed E-state index contributed by atoms with van der Waals surface area (Å²) >= 11 is 5.91. The molecule has 0 aromatic heterocycles. The van der Waals surface area contributed by atoms with E-state index in [1.165, 1.54) is 0 Å².